The van der Waals surface area contributed by atoms with E-state index in [1.165, 1.54) is 0 Å². The highest BCUT2D eigenvalue weighted by molar-refractivity contribution is 6.16. The van der Waals surface area contributed by atoms with Crippen LogP contribution < -0.4 is 4.74 Å². The molecule has 0 fully saturated rings. The van der Waals surface area contributed by atoms with Crippen molar-refractivity contribution in [2.24, 2.45) is 0 Å². The van der Waals surface area contributed by atoms with E-state index in [0.717, 1.165) is 35.6 Å². The Hall–Kier alpha value is -1.22. The second-order valence-corrected chi connectivity index (χ2v) is 4.14. The van der Waals surface area contributed by atoms with Crippen LogP contribution in [0.4, 0.5) is 0 Å². The number of imidazole rings is 1. The normalized spacial score (nSPS) is 11.0. The van der Waals surface area contributed by atoms with Gasteiger partial charge >= 0.3 is 0 Å². The maximum Gasteiger partial charge on any atom is 0.147 e. The van der Waals surface area contributed by atoms with Crippen LogP contribution >= 0.6 is 11.6 Å². The van der Waals surface area contributed by atoms with Gasteiger partial charge in [-0.1, -0.05) is 13.0 Å². The van der Waals surface area contributed by atoms with Crippen LogP contribution in [0.5, 0.6) is 5.75 Å². The van der Waals surface area contributed by atoms with Gasteiger partial charge in [-0.2, -0.15) is 0 Å². The number of alkyl halides is 1. The van der Waals surface area contributed by atoms with Crippen molar-refractivity contribution >= 4 is 22.6 Å². The Morgan fingerprint density at radius 2 is 2.18 bits per heavy atom. The summed E-state index contributed by atoms with van der Waals surface area (Å²) in [4.78, 5) is 4.57. The highest BCUT2D eigenvalue weighted by Crippen LogP contribution is 2.26. The van der Waals surface area contributed by atoms with Crippen molar-refractivity contribution in [1.82, 2.24) is 9.55 Å². The van der Waals surface area contributed by atoms with Gasteiger partial charge < -0.3 is 9.30 Å². The number of para-hydroxylation sites is 1. The number of fused-ring (bicyclic) bond motifs is 1. The predicted molar refractivity (Wildman–Crippen MR) is 70.8 cm³/mol. The lowest BCUT2D eigenvalue weighted by atomic mass is 10.3. The molecule has 0 aliphatic rings. The zero-order valence-electron chi connectivity index (χ0n) is 10.2. The second-order valence-electron chi connectivity index (χ2n) is 3.87. The fourth-order valence-corrected chi connectivity index (χ4v) is 2.22. The molecule has 1 heterocycles. The molecule has 0 saturated carbocycles. The monoisotopic (exact) mass is 252 g/mol. The van der Waals surface area contributed by atoms with E-state index in [9.17, 15) is 0 Å². The van der Waals surface area contributed by atoms with Crippen molar-refractivity contribution in [3.05, 3.63) is 24.0 Å². The number of rotatable bonds is 5. The molecular weight excluding hydrogens is 236 g/mol. The van der Waals surface area contributed by atoms with Gasteiger partial charge in [-0.15, -0.1) is 11.6 Å². The molecule has 0 N–H and O–H groups in total. The lowest BCUT2D eigenvalue weighted by Crippen LogP contribution is -2.01. The van der Waals surface area contributed by atoms with Gasteiger partial charge in [-0.05, 0) is 25.5 Å². The largest absolute Gasteiger partial charge is 0.492 e. The van der Waals surface area contributed by atoms with Gasteiger partial charge in [0.25, 0.3) is 0 Å². The number of hydrogen-bond donors (Lipinski definition) is 0. The lowest BCUT2D eigenvalue weighted by Gasteiger charge is -2.06. The highest BCUT2D eigenvalue weighted by atomic mass is 35.5. The smallest absolute Gasteiger partial charge is 0.147 e. The van der Waals surface area contributed by atoms with Gasteiger partial charge in [0, 0.05) is 6.54 Å². The predicted octanol–water partition coefficient (Wildman–Crippen LogP) is 3.58. The highest BCUT2D eigenvalue weighted by Gasteiger charge is 2.12. The number of aromatic nitrogens is 2. The molecule has 0 amide bonds. The van der Waals surface area contributed by atoms with E-state index in [-0.39, 0.29) is 0 Å². The van der Waals surface area contributed by atoms with E-state index in [0.29, 0.717) is 12.5 Å². The van der Waals surface area contributed by atoms with Crippen molar-refractivity contribution in [3.63, 3.8) is 0 Å². The third-order valence-electron chi connectivity index (χ3n) is 2.69. The van der Waals surface area contributed by atoms with Gasteiger partial charge in [0.05, 0.1) is 18.0 Å². The minimum absolute atomic E-state index is 0.431. The van der Waals surface area contributed by atoms with Gasteiger partial charge in [0.15, 0.2) is 0 Å². The first-order chi connectivity index (χ1) is 8.31. The van der Waals surface area contributed by atoms with Crippen LogP contribution in [-0.4, -0.2) is 16.2 Å². The molecule has 3 nitrogen and oxygen atoms in total. The molecule has 2 aromatic rings. The first-order valence-electron chi connectivity index (χ1n) is 5.98. The Balaban J connectivity index is 2.59. The van der Waals surface area contributed by atoms with Gasteiger partial charge in [-0.3, -0.25) is 0 Å². The quantitative estimate of drug-likeness (QED) is 0.761. The fraction of sp³-hybridized carbons (Fsp3) is 0.462. The van der Waals surface area contributed by atoms with Crippen LogP contribution in [0.3, 0.4) is 0 Å². The van der Waals surface area contributed by atoms with E-state index in [1.807, 2.05) is 19.1 Å². The zero-order chi connectivity index (χ0) is 12.3. The van der Waals surface area contributed by atoms with Crippen molar-refractivity contribution in [1.29, 1.82) is 0 Å². The van der Waals surface area contributed by atoms with Crippen molar-refractivity contribution in [2.45, 2.75) is 32.7 Å². The first kappa shape index (κ1) is 12.2. The topological polar surface area (TPSA) is 27.1 Å². The Bertz CT molecular complexity index is 507. The summed E-state index contributed by atoms with van der Waals surface area (Å²) < 4.78 is 7.76. The molecule has 0 spiro atoms. The molecule has 0 saturated heterocycles. The van der Waals surface area contributed by atoms with Crippen molar-refractivity contribution in [2.75, 3.05) is 6.61 Å². The van der Waals surface area contributed by atoms with Crippen LogP contribution in [0.25, 0.3) is 11.0 Å². The van der Waals surface area contributed by atoms with Crippen molar-refractivity contribution in [3.8, 4) is 5.75 Å². The number of halogens is 1. The molecule has 1 aromatic heterocycles. The van der Waals surface area contributed by atoms with Gasteiger partial charge in [0.2, 0.25) is 0 Å². The summed E-state index contributed by atoms with van der Waals surface area (Å²) in [5, 5.41) is 0. The molecule has 0 aliphatic heterocycles. The summed E-state index contributed by atoms with van der Waals surface area (Å²) >= 11 is 5.94. The van der Waals surface area contributed by atoms with Crippen LogP contribution in [-0.2, 0) is 12.4 Å². The summed E-state index contributed by atoms with van der Waals surface area (Å²) in [7, 11) is 0. The van der Waals surface area contributed by atoms with Crippen LogP contribution in [0, 0.1) is 0 Å². The lowest BCUT2D eigenvalue weighted by molar-refractivity contribution is 0.343. The molecule has 4 heteroatoms. The van der Waals surface area contributed by atoms with Crippen LogP contribution in [0.2, 0.25) is 0 Å². The minimum atomic E-state index is 0.431. The number of ether oxygens (including phenoxy) is 1. The average Bonchev–Trinajstić information content (AvgIpc) is 2.70. The van der Waals surface area contributed by atoms with E-state index in [1.54, 1.807) is 0 Å². The third kappa shape index (κ3) is 2.25. The number of hydrogen-bond acceptors (Lipinski definition) is 2. The Labute approximate surface area is 106 Å². The fourth-order valence-electron chi connectivity index (χ4n) is 2.02. The van der Waals surface area contributed by atoms with Crippen LogP contribution in [0.15, 0.2) is 18.2 Å². The maximum absolute atomic E-state index is 5.94. The number of aryl methyl sites for hydroxylation is 1. The minimum Gasteiger partial charge on any atom is -0.492 e. The Morgan fingerprint density at radius 3 is 2.82 bits per heavy atom. The summed E-state index contributed by atoms with van der Waals surface area (Å²) in [6.45, 7) is 5.71. The number of benzene rings is 1. The second kappa shape index (κ2) is 5.41. The summed E-state index contributed by atoms with van der Waals surface area (Å²) in [6.07, 6.45) is 1.06. The molecule has 0 atom stereocenters. The molecule has 0 bridgehead atoms. The summed E-state index contributed by atoms with van der Waals surface area (Å²) in [5.41, 5.74) is 2.02. The first-order valence-corrected chi connectivity index (χ1v) is 6.52. The maximum atomic E-state index is 5.94. The average molecular weight is 253 g/mol. The third-order valence-corrected chi connectivity index (χ3v) is 2.93. The van der Waals surface area contributed by atoms with E-state index >= 15 is 0 Å². The van der Waals surface area contributed by atoms with E-state index in [4.69, 9.17) is 16.3 Å². The molecule has 0 aliphatic carbocycles. The zero-order valence-corrected chi connectivity index (χ0v) is 11.0. The Kier molecular flexibility index (Phi) is 3.89. The summed E-state index contributed by atoms with van der Waals surface area (Å²) in [6, 6.07) is 6.02. The molecule has 17 heavy (non-hydrogen) atoms. The Morgan fingerprint density at radius 1 is 1.35 bits per heavy atom. The van der Waals surface area contributed by atoms with Crippen molar-refractivity contribution < 1.29 is 4.74 Å². The van der Waals surface area contributed by atoms with Crippen LogP contribution in [0.1, 0.15) is 26.1 Å². The van der Waals surface area contributed by atoms with E-state index < -0.39 is 0 Å². The molecule has 0 unspecified atom stereocenters. The standard InChI is InChI=1S/C13H17ClN2O/c1-3-8-16-10-6-5-7-11(17-4-2)13(10)15-12(16)9-14/h5-7H,3-4,8-9H2,1-2H3. The van der Waals surface area contributed by atoms with Gasteiger partial charge in [0.1, 0.15) is 17.1 Å². The van der Waals surface area contributed by atoms with Gasteiger partial charge in [-0.25, -0.2) is 4.98 Å². The molecule has 0 radical (unpaired) electrons. The molecular formula is C13H17ClN2O. The molecule has 1 aromatic carbocycles. The number of nitrogens with zero attached hydrogens (tertiary/aromatic N) is 2. The summed E-state index contributed by atoms with van der Waals surface area (Å²) in [5.74, 6) is 2.18. The molecule has 2 rings (SSSR count). The SMILES string of the molecule is CCCn1c(CCl)nc2c(OCC)cccc21. The molecule has 92 valence electrons. The van der Waals surface area contributed by atoms with E-state index in [2.05, 4.69) is 22.5 Å².